The highest BCUT2D eigenvalue weighted by Gasteiger charge is 2.03. The van der Waals surface area contributed by atoms with Gasteiger partial charge in [0.1, 0.15) is 11.5 Å². The fraction of sp³-hybridized carbons (Fsp3) is 0.200. The summed E-state index contributed by atoms with van der Waals surface area (Å²) in [6.45, 7) is -0.107. The van der Waals surface area contributed by atoms with Gasteiger partial charge in [-0.3, -0.25) is 4.79 Å². The second kappa shape index (κ2) is 7.83. The van der Waals surface area contributed by atoms with Crippen LogP contribution in [-0.4, -0.2) is 32.8 Å². The second-order valence-electron chi connectivity index (χ2n) is 4.62. The molecule has 0 radical (unpaired) electrons. The van der Waals surface area contributed by atoms with E-state index < -0.39 is 0 Å². The summed E-state index contributed by atoms with van der Waals surface area (Å²) in [5.41, 5.74) is 3.38. The minimum absolute atomic E-state index is 0.107. The number of benzene rings is 1. The molecule has 0 aliphatic carbocycles. The predicted octanol–water partition coefficient (Wildman–Crippen LogP) is 2.48. The second-order valence-corrected chi connectivity index (χ2v) is 5.68. The molecule has 1 amide bonds. The van der Waals surface area contributed by atoms with Gasteiger partial charge in [0.2, 0.25) is 0 Å². The first-order chi connectivity index (χ1) is 10.5. The number of hydrogen-bond donors (Lipinski definition) is 1. The lowest BCUT2D eigenvalue weighted by Gasteiger charge is -2.13. The Balaban J connectivity index is 1.80. The molecule has 116 valence electrons. The first kappa shape index (κ1) is 16.3. The van der Waals surface area contributed by atoms with Crippen LogP contribution in [0.25, 0.3) is 0 Å². The quantitative estimate of drug-likeness (QED) is 0.449. The molecule has 1 aromatic carbocycles. The highest BCUT2D eigenvalue weighted by Crippen LogP contribution is 2.19. The van der Waals surface area contributed by atoms with Gasteiger partial charge in [-0.2, -0.15) is 5.10 Å². The zero-order chi connectivity index (χ0) is 15.9. The van der Waals surface area contributed by atoms with Crippen molar-refractivity contribution in [2.75, 3.05) is 25.6 Å². The maximum Gasteiger partial charge on any atom is 0.277 e. The predicted molar refractivity (Wildman–Crippen MR) is 93.4 cm³/mol. The molecule has 0 fully saturated rings. The number of anilines is 1. The van der Waals surface area contributed by atoms with Gasteiger partial charge in [0.15, 0.2) is 10.4 Å². The van der Waals surface area contributed by atoms with Gasteiger partial charge in [-0.1, -0.05) is 6.07 Å². The molecule has 0 saturated heterocycles. The van der Waals surface area contributed by atoms with E-state index in [1.807, 2.05) is 43.3 Å². The third-order valence-corrected chi connectivity index (χ3v) is 3.26. The van der Waals surface area contributed by atoms with E-state index in [0.29, 0.717) is 11.5 Å². The van der Waals surface area contributed by atoms with Crippen molar-refractivity contribution >= 4 is 40.4 Å². The van der Waals surface area contributed by atoms with Crippen molar-refractivity contribution in [1.82, 2.24) is 5.43 Å². The Bertz CT molecular complexity index is 668. The lowest BCUT2D eigenvalue weighted by Crippen LogP contribution is -2.24. The molecule has 7 heteroatoms. The van der Waals surface area contributed by atoms with E-state index in [9.17, 15) is 4.79 Å². The molecule has 0 saturated carbocycles. The van der Waals surface area contributed by atoms with Crippen molar-refractivity contribution in [2.45, 2.75) is 0 Å². The molecule has 0 aliphatic heterocycles. The molecule has 22 heavy (non-hydrogen) atoms. The number of rotatable bonds is 6. The Morgan fingerprint density at radius 2 is 2.23 bits per heavy atom. The van der Waals surface area contributed by atoms with E-state index >= 15 is 0 Å². The van der Waals surface area contributed by atoms with Gasteiger partial charge in [-0.25, -0.2) is 5.43 Å². The monoisotopic (exact) mass is 413 g/mol. The van der Waals surface area contributed by atoms with Crippen LogP contribution in [0.1, 0.15) is 5.76 Å². The average molecular weight is 413 g/mol. The fourth-order valence-corrected chi connectivity index (χ4v) is 2.03. The Hall–Kier alpha value is -2.03. The summed E-state index contributed by atoms with van der Waals surface area (Å²) in [7, 11) is 3.88. The smallest absolute Gasteiger partial charge is 0.277 e. The van der Waals surface area contributed by atoms with E-state index in [-0.39, 0.29) is 12.5 Å². The van der Waals surface area contributed by atoms with Crippen molar-refractivity contribution in [3.63, 3.8) is 0 Å². The van der Waals surface area contributed by atoms with Crippen LogP contribution < -0.4 is 15.1 Å². The molecule has 0 aliphatic rings. The fourth-order valence-electron chi connectivity index (χ4n) is 1.60. The normalized spacial score (nSPS) is 10.7. The van der Waals surface area contributed by atoms with Crippen LogP contribution in [0.3, 0.4) is 0 Å². The summed E-state index contributed by atoms with van der Waals surface area (Å²) >= 11 is 2.05. The maximum absolute atomic E-state index is 11.6. The number of carbonyl (C=O) groups excluding carboxylic acids is 1. The number of furan rings is 1. The molecular formula is C15H16IN3O3. The molecule has 0 unspecified atom stereocenters. The third-order valence-electron chi connectivity index (χ3n) is 2.68. The molecule has 0 spiro atoms. The number of hydrazone groups is 1. The van der Waals surface area contributed by atoms with Crippen LogP contribution in [0.2, 0.25) is 0 Å². The summed E-state index contributed by atoms with van der Waals surface area (Å²) in [6.07, 6.45) is 1.44. The molecule has 2 aromatic rings. The maximum atomic E-state index is 11.6. The topological polar surface area (TPSA) is 67.1 Å². The summed E-state index contributed by atoms with van der Waals surface area (Å²) in [4.78, 5) is 13.6. The molecule has 2 rings (SSSR count). The number of carbonyl (C=O) groups is 1. The molecule has 0 bridgehead atoms. The largest absolute Gasteiger partial charge is 0.484 e. The SMILES string of the molecule is CN(C)c1cccc(OCC(=O)N/N=C/c2ccc(I)o2)c1. The van der Waals surface area contributed by atoms with Crippen LogP contribution in [-0.2, 0) is 4.79 Å². The van der Waals surface area contributed by atoms with Crippen LogP contribution in [0.15, 0.2) is 45.9 Å². The standard InChI is InChI=1S/C15H16IN3O3/c1-19(2)11-4-3-5-12(8-11)21-10-15(20)18-17-9-13-6-7-14(16)22-13/h3-9H,10H2,1-2H3,(H,18,20)/b17-9+. The lowest BCUT2D eigenvalue weighted by atomic mass is 10.3. The van der Waals surface area contributed by atoms with Crippen molar-refractivity contribution in [1.29, 1.82) is 0 Å². The first-order valence-electron chi connectivity index (χ1n) is 6.52. The van der Waals surface area contributed by atoms with E-state index in [1.54, 1.807) is 12.1 Å². The van der Waals surface area contributed by atoms with Crippen molar-refractivity contribution < 1.29 is 13.9 Å². The number of nitrogens with zero attached hydrogens (tertiary/aromatic N) is 2. The van der Waals surface area contributed by atoms with Gasteiger partial charge >= 0.3 is 0 Å². The molecule has 0 atom stereocenters. The number of nitrogens with one attached hydrogen (secondary N) is 1. The van der Waals surface area contributed by atoms with Gasteiger partial charge in [-0.05, 0) is 46.9 Å². The molecule has 1 heterocycles. The van der Waals surface area contributed by atoms with Crippen LogP contribution in [0.4, 0.5) is 5.69 Å². The zero-order valence-corrected chi connectivity index (χ0v) is 14.4. The average Bonchev–Trinajstić information content (AvgIpc) is 2.91. The van der Waals surface area contributed by atoms with E-state index in [1.165, 1.54) is 6.21 Å². The Labute approximate surface area is 142 Å². The summed E-state index contributed by atoms with van der Waals surface area (Å²) in [6, 6.07) is 11.1. The van der Waals surface area contributed by atoms with Crippen LogP contribution in [0.5, 0.6) is 5.75 Å². The number of halogens is 1. The minimum Gasteiger partial charge on any atom is -0.484 e. The van der Waals surface area contributed by atoms with E-state index in [0.717, 1.165) is 9.45 Å². The van der Waals surface area contributed by atoms with Gasteiger partial charge in [0.05, 0.1) is 6.21 Å². The lowest BCUT2D eigenvalue weighted by molar-refractivity contribution is -0.123. The third kappa shape index (κ3) is 5.06. The van der Waals surface area contributed by atoms with Crippen molar-refractivity contribution in [3.05, 3.63) is 45.9 Å². The number of hydrogen-bond acceptors (Lipinski definition) is 5. The van der Waals surface area contributed by atoms with E-state index in [2.05, 4.69) is 33.1 Å². The Kier molecular flexibility index (Phi) is 5.82. The molecule has 1 N–H and O–H groups in total. The van der Waals surface area contributed by atoms with Gasteiger partial charge in [0.25, 0.3) is 5.91 Å². The number of ether oxygens (including phenoxy) is 1. The highest BCUT2D eigenvalue weighted by atomic mass is 127. The van der Waals surface area contributed by atoms with Crippen LogP contribution in [0, 0.1) is 3.77 Å². The molecule has 1 aromatic heterocycles. The van der Waals surface area contributed by atoms with Gasteiger partial charge in [-0.15, -0.1) is 0 Å². The van der Waals surface area contributed by atoms with Crippen LogP contribution >= 0.6 is 22.6 Å². The summed E-state index contributed by atoms with van der Waals surface area (Å²) in [5, 5.41) is 3.80. The van der Waals surface area contributed by atoms with Crippen molar-refractivity contribution in [3.8, 4) is 5.75 Å². The first-order valence-corrected chi connectivity index (χ1v) is 7.60. The number of amides is 1. The Morgan fingerprint density at radius 1 is 1.41 bits per heavy atom. The summed E-state index contributed by atoms with van der Waals surface area (Å²) in [5.74, 6) is 0.864. The van der Waals surface area contributed by atoms with E-state index in [4.69, 9.17) is 9.15 Å². The zero-order valence-electron chi connectivity index (χ0n) is 12.2. The minimum atomic E-state index is -0.340. The molecular weight excluding hydrogens is 397 g/mol. The Morgan fingerprint density at radius 3 is 2.91 bits per heavy atom. The van der Waals surface area contributed by atoms with Gasteiger partial charge < -0.3 is 14.1 Å². The van der Waals surface area contributed by atoms with Crippen molar-refractivity contribution in [2.24, 2.45) is 5.10 Å². The van der Waals surface area contributed by atoms with Gasteiger partial charge in [0, 0.05) is 25.8 Å². The molecule has 6 nitrogen and oxygen atoms in total. The summed E-state index contributed by atoms with van der Waals surface area (Å²) < 4.78 is 11.5. The highest BCUT2D eigenvalue weighted by molar-refractivity contribution is 14.1.